The van der Waals surface area contributed by atoms with Crippen molar-refractivity contribution in [2.24, 2.45) is 5.92 Å². The first kappa shape index (κ1) is 35.4. The lowest BCUT2D eigenvalue weighted by Crippen LogP contribution is -2.53. The van der Waals surface area contributed by atoms with Gasteiger partial charge in [-0.3, -0.25) is 23.9 Å². The van der Waals surface area contributed by atoms with Crippen LogP contribution >= 0.6 is 11.3 Å². The van der Waals surface area contributed by atoms with Crippen molar-refractivity contribution < 1.29 is 14.7 Å². The number of thiazole rings is 1. The zero-order valence-corrected chi connectivity index (χ0v) is 31.3. The third kappa shape index (κ3) is 7.06. The Labute approximate surface area is 313 Å². The summed E-state index contributed by atoms with van der Waals surface area (Å²) in [4.78, 5) is 60.0. The minimum Gasteiger partial charge on any atom is -0.388 e. The first-order valence-electron chi connectivity index (χ1n) is 19.0. The van der Waals surface area contributed by atoms with Gasteiger partial charge in [-0.25, -0.2) is 9.97 Å². The first-order valence-corrected chi connectivity index (χ1v) is 19.8. The Balaban J connectivity index is 0.944. The summed E-state index contributed by atoms with van der Waals surface area (Å²) in [5.74, 6) is -0.476. The van der Waals surface area contributed by atoms with Gasteiger partial charge < -0.3 is 19.5 Å². The summed E-state index contributed by atoms with van der Waals surface area (Å²) in [6, 6.07) is 16.2. The summed E-state index contributed by atoms with van der Waals surface area (Å²) < 4.78 is 3.69. The highest BCUT2D eigenvalue weighted by Gasteiger charge is 2.42. The monoisotopic (exact) mass is 733 g/mol. The molecule has 4 aromatic heterocycles. The average Bonchev–Trinajstić information content (AvgIpc) is 3.80. The van der Waals surface area contributed by atoms with Gasteiger partial charge in [0.25, 0.3) is 11.5 Å². The van der Waals surface area contributed by atoms with E-state index in [1.807, 2.05) is 78.4 Å². The zero-order chi connectivity index (χ0) is 36.7. The van der Waals surface area contributed by atoms with E-state index in [1.54, 1.807) is 12.5 Å². The van der Waals surface area contributed by atoms with Crippen molar-refractivity contribution in [1.82, 2.24) is 33.9 Å². The van der Waals surface area contributed by atoms with Gasteiger partial charge in [0.15, 0.2) is 0 Å². The molecule has 53 heavy (non-hydrogen) atoms. The van der Waals surface area contributed by atoms with E-state index in [2.05, 4.69) is 9.55 Å². The number of rotatable bonds is 7. The van der Waals surface area contributed by atoms with E-state index in [1.165, 1.54) is 35.2 Å². The summed E-state index contributed by atoms with van der Waals surface area (Å²) in [7, 11) is 0. The molecule has 0 unspecified atom stereocenters. The molecule has 2 atom stereocenters. The number of amides is 2. The third-order valence-corrected chi connectivity index (χ3v) is 12.9. The number of hydrogen-bond acceptors (Lipinski definition) is 8. The molecule has 2 amide bonds. The number of likely N-dealkylation sites (tertiary alicyclic amines) is 2. The predicted octanol–water partition coefficient (Wildman–Crippen LogP) is 6.14. The number of hydrogen-bond donors (Lipinski definition) is 1. The number of aliphatic hydroxyl groups is 1. The molecule has 0 spiro atoms. The van der Waals surface area contributed by atoms with Gasteiger partial charge in [0, 0.05) is 67.7 Å². The molecule has 276 valence electrons. The standard InChI is InChI=1S/C41H47N7O4S/c1-27-13-14-30(23-42-27)37-44-28(2)35(53-37)40(51)46-19-15-32(34(24-46)29-9-5-3-6-10-29)38(49)45-21-17-41(52,18-22-45)25-47-26-43-36-33(39(47)50)16-20-48(36)31-11-7-4-8-12-31/h3,5-6,9-10,13-14,16,20,23,26,31-32,34,52H,4,7-8,11-12,15,17-19,21-22,24-25H2,1-2H3/t32-,34+/m1/s1. The lowest BCUT2D eigenvalue weighted by Gasteiger charge is -2.43. The minimum absolute atomic E-state index is 0.0560. The maximum Gasteiger partial charge on any atom is 0.265 e. The topological polar surface area (TPSA) is 126 Å². The first-order chi connectivity index (χ1) is 25.7. The van der Waals surface area contributed by atoms with E-state index >= 15 is 0 Å². The fourth-order valence-corrected chi connectivity index (χ4v) is 9.64. The van der Waals surface area contributed by atoms with E-state index in [0.717, 1.165) is 40.3 Å². The molecule has 0 radical (unpaired) electrons. The van der Waals surface area contributed by atoms with Crippen LogP contribution in [0.25, 0.3) is 21.6 Å². The Kier molecular flexibility index (Phi) is 9.76. The summed E-state index contributed by atoms with van der Waals surface area (Å²) >= 11 is 1.39. The van der Waals surface area contributed by atoms with Crippen LogP contribution in [0.5, 0.6) is 0 Å². The fraction of sp³-hybridized carbons (Fsp3) is 0.463. The second-order valence-corrected chi connectivity index (χ2v) is 16.3. The lowest BCUT2D eigenvalue weighted by molar-refractivity contribution is -0.142. The van der Waals surface area contributed by atoms with E-state index in [0.29, 0.717) is 67.4 Å². The summed E-state index contributed by atoms with van der Waals surface area (Å²) in [6.45, 7) is 5.64. The highest BCUT2D eigenvalue weighted by atomic mass is 32.1. The molecule has 1 saturated carbocycles. The van der Waals surface area contributed by atoms with E-state index in [4.69, 9.17) is 9.97 Å². The Morgan fingerprint density at radius 2 is 1.70 bits per heavy atom. The number of pyridine rings is 1. The molecule has 1 aromatic carbocycles. The van der Waals surface area contributed by atoms with Crippen LogP contribution in [-0.4, -0.2) is 82.6 Å². The van der Waals surface area contributed by atoms with Gasteiger partial charge >= 0.3 is 0 Å². The Morgan fingerprint density at radius 3 is 2.43 bits per heavy atom. The molecule has 3 aliphatic rings. The fourth-order valence-electron chi connectivity index (χ4n) is 8.62. The van der Waals surface area contributed by atoms with Gasteiger partial charge in [-0.1, -0.05) is 49.6 Å². The zero-order valence-electron chi connectivity index (χ0n) is 30.5. The van der Waals surface area contributed by atoms with Gasteiger partial charge in [-0.05, 0) is 69.7 Å². The van der Waals surface area contributed by atoms with Crippen LogP contribution in [0.4, 0.5) is 0 Å². The van der Waals surface area contributed by atoms with Crippen LogP contribution in [-0.2, 0) is 11.3 Å². The van der Waals surface area contributed by atoms with Gasteiger partial charge in [0.1, 0.15) is 21.9 Å². The molecule has 2 aliphatic heterocycles. The number of carbonyl (C=O) groups excluding carboxylic acids is 2. The van der Waals surface area contributed by atoms with Gasteiger partial charge in [0.05, 0.1) is 23.2 Å². The average molecular weight is 734 g/mol. The molecule has 11 nitrogen and oxygen atoms in total. The largest absolute Gasteiger partial charge is 0.388 e. The smallest absolute Gasteiger partial charge is 0.265 e. The van der Waals surface area contributed by atoms with Crippen molar-refractivity contribution in [3.8, 4) is 10.6 Å². The minimum atomic E-state index is -1.13. The molecular formula is C41H47N7O4S. The molecule has 5 aromatic rings. The number of aryl methyl sites for hydroxylation is 2. The van der Waals surface area contributed by atoms with Crippen LogP contribution in [0.3, 0.4) is 0 Å². The second kappa shape index (κ2) is 14.6. The third-order valence-electron chi connectivity index (χ3n) is 11.7. The summed E-state index contributed by atoms with van der Waals surface area (Å²) in [5, 5.41) is 13.1. The second-order valence-electron chi connectivity index (χ2n) is 15.3. The molecule has 6 heterocycles. The quantitative estimate of drug-likeness (QED) is 0.213. The normalized spacial score (nSPS) is 20.9. The van der Waals surface area contributed by atoms with Crippen molar-refractivity contribution in [3.63, 3.8) is 0 Å². The molecule has 3 fully saturated rings. The number of fused-ring (bicyclic) bond motifs is 1. The SMILES string of the molecule is Cc1ccc(-c2nc(C)c(C(=O)N3CC[C@@H](C(=O)N4CCC(O)(Cn5cnc6c(ccn6C6CCCCC6)c5=O)CC4)[C@H](c4ccccc4)C3)s2)cn1. The number of nitrogens with zero attached hydrogens (tertiary/aromatic N) is 7. The Hall–Kier alpha value is -4.68. The van der Waals surface area contributed by atoms with Crippen molar-refractivity contribution in [1.29, 1.82) is 0 Å². The molecule has 12 heteroatoms. The van der Waals surface area contributed by atoms with Crippen LogP contribution in [0.15, 0.2) is 72.0 Å². The van der Waals surface area contributed by atoms with Gasteiger partial charge in [-0.2, -0.15) is 0 Å². The number of piperidine rings is 2. The van der Waals surface area contributed by atoms with Gasteiger partial charge in [-0.15, -0.1) is 11.3 Å². The molecule has 1 N–H and O–H groups in total. The molecule has 8 rings (SSSR count). The summed E-state index contributed by atoms with van der Waals surface area (Å²) in [6.07, 6.45) is 12.5. The Morgan fingerprint density at radius 1 is 0.925 bits per heavy atom. The van der Waals surface area contributed by atoms with E-state index in [9.17, 15) is 19.5 Å². The maximum atomic E-state index is 14.3. The van der Waals surface area contributed by atoms with Crippen LogP contribution in [0.1, 0.15) is 89.9 Å². The molecule has 1 aliphatic carbocycles. The van der Waals surface area contributed by atoms with Crippen molar-refractivity contribution >= 4 is 34.2 Å². The Bertz CT molecular complexity index is 2160. The van der Waals surface area contributed by atoms with Gasteiger partial charge in [0.2, 0.25) is 5.91 Å². The molecule has 0 bridgehead atoms. The number of carbonyl (C=O) groups is 2. The van der Waals surface area contributed by atoms with E-state index < -0.39 is 5.60 Å². The number of benzene rings is 1. The lowest BCUT2D eigenvalue weighted by atomic mass is 9.79. The van der Waals surface area contributed by atoms with Crippen molar-refractivity contribution in [2.45, 2.75) is 89.3 Å². The van der Waals surface area contributed by atoms with Crippen LogP contribution < -0.4 is 5.56 Å². The molecular weight excluding hydrogens is 687 g/mol. The molecule has 2 saturated heterocycles. The highest BCUT2D eigenvalue weighted by Crippen LogP contribution is 2.37. The van der Waals surface area contributed by atoms with Crippen LogP contribution in [0.2, 0.25) is 0 Å². The maximum absolute atomic E-state index is 14.3. The van der Waals surface area contributed by atoms with Crippen molar-refractivity contribution in [3.05, 3.63) is 99.4 Å². The summed E-state index contributed by atoms with van der Waals surface area (Å²) in [5.41, 5.74) is 2.99. The predicted molar refractivity (Wildman–Crippen MR) is 205 cm³/mol. The highest BCUT2D eigenvalue weighted by molar-refractivity contribution is 7.17. The van der Waals surface area contributed by atoms with Crippen LogP contribution in [0, 0.1) is 19.8 Å². The van der Waals surface area contributed by atoms with E-state index in [-0.39, 0.29) is 35.8 Å². The van der Waals surface area contributed by atoms with Crippen molar-refractivity contribution in [2.75, 3.05) is 26.2 Å². The number of aromatic nitrogens is 5.